The van der Waals surface area contributed by atoms with Gasteiger partial charge < -0.3 is 9.84 Å². The molecule has 1 N–H and O–H groups in total. The van der Waals surface area contributed by atoms with Crippen LogP contribution in [0.2, 0.25) is 0 Å². The summed E-state index contributed by atoms with van der Waals surface area (Å²) in [5, 5.41) is 22.9. The molecule has 0 bridgehead atoms. The SMILES string of the molecule is C=CCN(Cc1cccs1)CC(O)COc1cccc([N+](=O)[O-])c1. The molecule has 0 aliphatic heterocycles. The van der Waals surface area contributed by atoms with E-state index in [1.165, 1.54) is 17.0 Å². The zero-order valence-corrected chi connectivity index (χ0v) is 14.0. The maximum absolute atomic E-state index is 10.7. The minimum Gasteiger partial charge on any atom is -0.491 e. The zero-order valence-electron chi connectivity index (χ0n) is 13.2. The summed E-state index contributed by atoms with van der Waals surface area (Å²) in [6.45, 7) is 5.63. The average Bonchev–Trinajstić information content (AvgIpc) is 3.06. The van der Waals surface area contributed by atoms with E-state index in [1.807, 2.05) is 17.5 Å². The maximum atomic E-state index is 10.7. The molecule has 0 amide bonds. The third-order valence-corrected chi connectivity index (χ3v) is 4.15. The first-order valence-electron chi connectivity index (χ1n) is 7.49. The highest BCUT2D eigenvalue weighted by Crippen LogP contribution is 2.19. The van der Waals surface area contributed by atoms with Crippen molar-refractivity contribution in [3.8, 4) is 5.75 Å². The summed E-state index contributed by atoms with van der Waals surface area (Å²) in [4.78, 5) is 13.6. The molecular weight excluding hydrogens is 328 g/mol. The Bertz CT molecular complexity index is 660. The van der Waals surface area contributed by atoms with Gasteiger partial charge in [0.05, 0.1) is 11.0 Å². The van der Waals surface area contributed by atoms with Crippen LogP contribution in [0.1, 0.15) is 4.88 Å². The number of nitro groups is 1. The van der Waals surface area contributed by atoms with Crippen molar-refractivity contribution in [3.05, 3.63) is 69.4 Å². The minimum atomic E-state index is -0.704. The van der Waals surface area contributed by atoms with Crippen molar-refractivity contribution in [3.63, 3.8) is 0 Å². The van der Waals surface area contributed by atoms with Gasteiger partial charge in [-0.15, -0.1) is 17.9 Å². The molecule has 2 aromatic rings. The number of benzene rings is 1. The molecule has 0 saturated carbocycles. The predicted octanol–water partition coefficient (Wildman–Crippen LogP) is 3.08. The van der Waals surface area contributed by atoms with E-state index in [0.29, 0.717) is 18.8 Å². The van der Waals surface area contributed by atoms with Crippen LogP contribution in [0, 0.1) is 10.1 Å². The van der Waals surface area contributed by atoms with Crippen molar-refractivity contribution < 1.29 is 14.8 Å². The molecule has 0 radical (unpaired) electrons. The largest absolute Gasteiger partial charge is 0.491 e. The predicted molar refractivity (Wildman–Crippen MR) is 94.4 cm³/mol. The molecular formula is C17H20N2O4S. The van der Waals surface area contributed by atoms with Crippen molar-refractivity contribution in [2.45, 2.75) is 12.6 Å². The molecule has 1 unspecified atom stereocenters. The Labute approximate surface area is 144 Å². The topological polar surface area (TPSA) is 75.8 Å². The Morgan fingerprint density at radius 1 is 1.42 bits per heavy atom. The summed E-state index contributed by atoms with van der Waals surface area (Å²) in [6.07, 6.45) is 1.09. The Balaban J connectivity index is 1.86. The lowest BCUT2D eigenvalue weighted by Crippen LogP contribution is -2.35. The molecule has 1 heterocycles. The van der Waals surface area contributed by atoms with Crippen LogP contribution in [0.25, 0.3) is 0 Å². The van der Waals surface area contributed by atoms with E-state index in [9.17, 15) is 15.2 Å². The molecule has 0 fully saturated rings. The van der Waals surface area contributed by atoms with Gasteiger partial charge in [-0.2, -0.15) is 0 Å². The second kappa shape index (κ2) is 9.17. The number of hydrogen-bond donors (Lipinski definition) is 1. The zero-order chi connectivity index (χ0) is 17.4. The number of hydrogen-bond acceptors (Lipinski definition) is 6. The van der Waals surface area contributed by atoms with E-state index >= 15 is 0 Å². The van der Waals surface area contributed by atoms with E-state index in [-0.39, 0.29) is 12.3 Å². The van der Waals surface area contributed by atoms with Crippen molar-refractivity contribution in [2.24, 2.45) is 0 Å². The van der Waals surface area contributed by atoms with E-state index in [1.54, 1.807) is 29.5 Å². The Morgan fingerprint density at radius 2 is 2.25 bits per heavy atom. The van der Waals surface area contributed by atoms with Crippen LogP contribution in [0.5, 0.6) is 5.75 Å². The summed E-state index contributed by atoms with van der Waals surface area (Å²) >= 11 is 1.67. The smallest absolute Gasteiger partial charge is 0.273 e. The molecule has 0 saturated heterocycles. The number of aliphatic hydroxyl groups excluding tert-OH is 1. The van der Waals surface area contributed by atoms with Crippen molar-refractivity contribution >= 4 is 17.0 Å². The molecule has 0 spiro atoms. The molecule has 0 aliphatic rings. The van der Waals surface area contributed by atoms with Crippen molar-refractivity contribution in [1.82, 2.24) is 4.90 Å². The lowest BCUT2D eigenvalue weighted by atomic mass is 10.3. The van der Waals surface area contributed by atoms with E-state index in [0.717, 1.165) is 6.54 Å². The maximum Gasteiger partial charge on any atom is 0.273 e. The summed E-state index contributed by atoms with van der Waals surface area (Å²) in [5.41, 5.74) is -0.0343. The monoisotopic (exact) mass is 348 g/mol. The van der Waals surface area contributed by atoms with Crippen LogP contribution in [0.3, 0.4) is 0 Å². The normalized spacial score (nSPS) is 12.1. The van der Waals surface area contributed by atoms with Gasteiger partial charge >= 0.3 is 0 Å². The number of nitro benzene ring substituents is 1. The Hall–Kier alpha value is -2.22. The van der Waals surface area contributed by atoms with Crippen LogP contribution in [0.15, 0.2) is 54.4 Å². The van der Waals surface area contributed by atoms with Gasteiger partial charge in [-0.3, -0.25) is 15.0 Å². The van der Waals surface area contributed by atoms with E-state index < -0.39 is 11.0 Å². The van der Waals surface area contributed by atoms with Crippen LogP contribution in [-0.2, 0) is 6.54 Å². The number of nitrogens with zero attached hydrogens (tertiary/aromatic N) is 2. The second-order valence-electron chi connectivity index (χ2n) is 5.28. The average molecular weight is 348 g/mol. The first-order valence-corrected chi connectivity index (χ1v) is 8.37. The quantitative estimate of drug-likeness (QED) is 0.406. The molecule has 1 aromatic carbocycles. The molecule has 6 nitrogen and oxygen atoms in total. The minimum absolute atomic E-state index is 0.0343. The number of aliphatic hydroxyl groups is 1. The Kier molecular flexibility index (Phi) is 6.92. The van der Waals surface area contributed by atoms with Crippen LogP contribution in [0.4, 0.5) is 5.69 Å². The Morgan fingerprint density at radius 3 is 2.92 bits per heavy atom. The second-order valence-corrected chi connectivity index (χ2v) is 6.31. The van der Waals surface area contributed by atoms with E-state index in [4.69, 9.17) is 4.74 Å². The first-order chi connectivity index (χ1) is 11.6. The van der Waals surface area contributed by atoms with Gasteiger partial charge in [0.25, 0.3) is 5.69 Å². The van der Waals surface area contributed by atoms with Gasteiger partial charge in [0.2, 0.25) is 0 Å². The number of non-ortho nitro benzene ring substituents is 1. The fourth-order valence-electron chi connectivity index (χ4n) is 2.24. The molecule has 1 atom stereocenters. The number of thiophene rings is 1. The van der Waals surface area contributed by atoms with Gasteiger partial charge in [0.15, 0.2) is 0 Å². The first kappa shape index (κ1) is 18.1. The molecule has 24 heavy (non-hydrogen) atoms. The molecule has 1 aromatic heterocycles. The molecule has 0 aliphatic carbocycles. The third-order valence-electron chi connectivity index (χ3n) is 3.29. The number of ether oxygens (including phenoxy) is 1. The number of rotatable bonds is 10. The van der Waals surface area contributed by atoms with Gasteiger partial charge in [-0.05, 0) is 17.5 Å². The molecule has 7 heteroatoms. The van der Waals surface area contributed by atoms with Gasteiger partial charge in [-0.25, -0.2) is 0 Å². The summed E-state index contributed by atoms with van der Waals surface area (Å²) in [6, 6.07) is 9.98. The molecule has 128 valence electrons. The highest BCUT2D eigenvalue weighted by atomic mass is 32.1. The van der Waals surface area contributed by atoms with Crippen LogP contribution in [-0.4, -0.2) is 40.7 Å². The van der Waals surface area contributed by atoms with Gasteiger partial charge in [-0.1, -0.05) is 18.2 Å². The van der Waals surface area contributed by atoms with Crippen LogP contribution < -0.4 is 4.74 Å². The summed E-state index contributed by atoms with van der Waals surface area (Å²) in [7, 11) is 0. The van der Waals surface area contributed by atoms with Gasteiger partial charge in [0.1, 0.15) is 18.5 Å². The fourth-order valence-corrected chi connectivity index (χ4v) is 2.99. The lowest BCUT2D eigenvalue weighted by Gasteiger charge is -2.23. The fraction of sp³-hybridized carbons (Fsp3) is 0.294. The lowest BCUT2D eigenvalue weighted by molar-refractivity contribution is -0.384. The highest BCUT2D eigenvalue weighted by molar-refractivity contribution is 7.09. The van der Waals surface area contributed by atoms with Gasteiger partial charge in [0, 0.05) is 30.6 Å². The summed E-state index contributed by atoms with van der Waals surface area (Å²) in [5.74, 6) is 0.372. The van der Waals surface area contributed by atoms with Crippen molar-refractivity contribution in [2.75, 3.05) is 19.7 Å². The third kappa shape index (κ3) is 5.77. The van der Waals surface area contributed by atoms with Crippen LogP contribution >= 0.6 is 11.3 Å². The molecule has 2 rings (SSSR count). The standard InChI is InChI=1S/C17H20N2O4S/c1-2-8-18(12-17-7-4-9-24-17)11-15(20)13-23-16-6-3-5-14(10-16)19(21)22/h2-7,9-10,15,20H,1,8,11-13H2. The highest BCUT2D eigenvalue weighted by Gasteiger charge is 2.13. The summed E-state index contributed by atoms with van der Waals surface area (Å²) < 4.78 is 5.47. The van der Waals surface area contributed by atoms with Crippen molar-refractivity contribution in [1.29, 1.82) is 0 Å². The van der Waals surface area contributed by atoms with E-state index in [2.05, 4.69) is 11.5 Å².